The van der Waals surface area contributed by atoms with Gasteiger partial charge >= 0.3 is 0 Å². The Bertz CT molecular complexity index is 443. The zero-order chi connectivity index (χ0) is 15.0. The number of nitrogens with one attached hydrogen (secondary N) is 1. The third kappa shape index (κ3) is 6.32. The number of rotatable bonds is 8. The summed E-state index contributed by atoms with van der Waals surface area (Å²) in [6.45, 7) is 1.98. The molecule has 0 heterocycles. The van der Waals surface area contributed by atoms with Gasteiger partial charge in [0.2, 0.25) is 5.91 Å². The van der Waals surface area contributed by atoms with Crippen molar-refractivity contribution in [3.8, 4) is 0 Å². The minimum absolute atomic E-state index is 0.0539. The first-order valence-corrected chi connectivity index (χ1v) is 6.79. The van der Waals surface area contributed by atoms with Crippen LogP contribution in [0.5, 0.6) is 0 Å². The molecule has 0 aliphatic rings. The first-order valence-electron chi connectivity index (χ1n) is 6.41. The van der Waals surface area contributed by atoms with Crippen LogP contribution in [-0.2, 0) is 16.1 Å². The van der Waals surface area contributed by atoms with E-state index in [1.54, 1.807) is 13.2 Å². The van der Waals surface area contributed by atoms with E-state index in [4.69, 9.17) is 16.3 Å². The Labute approximate surface area is 123 Å². The monoisotopic (exact) mass is 302 g/mol. The number of methoxy groups -OCH3 is 1. The molecular weight excluding hydrogens is 283 g/mol. The van der Waals surface area contributed by atoms with Crippen LogP contribution in [-0.4, -0.2) is 44.7 Å². The molecule has 6 heteroatoms. The van der Waals surface area contributed by atoms with Gasteiger partial charge in [-0.3, -0.25) is 9.69 Å². The highest BCUT2D eigenvalue weighted by Gasteiger charge is 2.09. The number of halogens is 2. The Morgan fingerprint density at radius 2 is 2.25 bits per heavy atom. The predicted molar refractivity (Wildman–Crippen MR) is 77.2 cm³/mol. The highest BCUT2D eigenvalue weighted by molar-refractivity contribution is 6.31. The zero-order valence-corrected chi connectivity index (χ0v) is 12.5. The molecule has 20 heavy (non-hydrogen) atoms. The van der Waals surface area contributed by atoms with E-state index in [0.29, 0.717) is 24.7 Å². The number of amides is 1. The summed E-state index contributed by atoms with van der Waals surface area (Å²) in [4.78, 5) is 13.5. The van der Waals surface area contributed by atoms with Crippen molar-refractivity contribution in [1.29, 1.82) is 0 Å². The van der Waals surface area contributed by atoms with Crippen LogP contribution in [0.1, 0.15) is 12.0 Å². The van der Waals surface area contributed by atoms with Gasteiger partial charge in [-0.2, -0.15) is 0 Å². The molecule has 0 radical (unpaired) electrons. The summed E-state index contributed by atoms with van der Waals surface area (Å²) in [7, 11) is 3.44. The fourth-order valence-corrected chi connectivity index (χ4v) is 1.97. The maximum absolute atomic E-state index is 12.9. The SMILES string of the molecule is COCCCNC(=O)CN(C)Cc1ccc(F)cc1Cl. The molecule has 0 saturated carbocycles. The lowest BCUT2D eigenvalue weighted by Gasteiger charge is -2.17. The quantitative estimate of drug-likeness (QED) is 0.748. The maximum Gasteiger partial charge on any atom is 0.234 e. The van der Waals surface area contributed by atoms with Crippen LogP contribution >= 0.6 is 11.6 Å². The molecule has 0 aromatic heterocycles. The summed E-state index contributed by atoms with van der Waals surface area (Å²) < 4.78 is 17.8. The van der Waals surface area contributed by atoms with E-state index < -0.39 is 0 Å². The van der Waals surface area contributed by atoms with E-state index in [0.717, 1.165) is 12.0 Å². The van der Waals surface area contributed by atoms with Crippen LogP contribution in [0.4, 0.5) is 4.39 Å². The van der Waals surface area contributed by atoms with Crippen LogP contribution < -0.4 is 5.32 Å². The molecule has 1 rings (SSSR count). The molecule has 0 atom stereocenters. The van der Waals surface area contributed by atoms with Gasteiger partial charge < -0.3 is 10.1 Å². The highest BCUT2D eigenvalue weighted by Crippen LogP contribution is 2.18. The first-order chi connectivity index (χ1) is 9.52. The van der Waals surface area contributed by atoms with Gasteiger partial charge in [0.25, 0.3) is 0 Å². The Hall–Kier alpha value is -1.17. The van der Waals surface area contributed by atoms with E-state index in [-0.39, 0.29) is 18.3 Å². The van der Waals surface area contributed by atoms with E-state index in [2.05, 4.69) is 5.32 Å². The second kappa shape index (κ2) is 8.89. The van der Waals surface area contributed by atoms with E-state index in [9.17, 15) is 9.18 Å². The summed E-state index contributed by atoms with van der Waals surface area (Å²) in [6.07, 6.45) is 0.787. The fourth-order valence-electron chi connectivity index (χ4n) is 1.74. The molecule has 0 aliphatic carbocycles. The lowest BCUT2D eigenvalue weighted by Crippen LogP contribution is -2.35. The van der Waals surface area contributed by atoms with E-state index >= 15 is 0 Å². The molecule has 0 aliphatic heterocycles. The fraction of sp³-hybridized carbons (Fsp3) is 0.500. The minimum Gasteiger partial charge on any atom is -0.385 e. The molecule has 1 N–H and O–H groups in total. The molecule has 1 aromatic rings. The summed E-state index contributed by atoms with van der Waals surface area (Å²) in [5.74, 6) is -0.417. The Morgan fingerprint density at radius 3 is 2.90 bits per heavy atom. The number of benzene rings is 1. The normalized spacial score (nSPS) is 10.8. The minimum atomic E-state index is -0.364. The molecule has 112 valence electrons. The molecule has 1 aromatic carbocycles. The molecule has 1 amide bonds. The lowest BCUT2D eigenvalue weighted by atomic mass is 10.2. The predicted octanol–water partition coefficient (Wildman–Crippen LogP) is 2.06. The largest absolute Gasteiger partial charge is 0.385 e. The number of likely N-dealkylation sites (N-methyl/N-ethyl adjacent to an activating group) is 1. The van der Waals surface area contributed by atoms with E-state index in [1.165, 1.54) is 12.1 Å². The van der Waals surface area contributed by atoms with Crippen LogP contribution in [0.2, 0.25) is 5.02 Å². The molecule has 0 unspecified atom stereocenters. The molecule has 0 bridgehead atoms. The molecule has 0 fully saturated rings. The van der Waals surface area contributed by atoms with Crippen molar-refractivity contribution in [1.82, 2.24) is 10.2 Å². The average molecular weight is 303 g/mol. The summed E-state index contributed by atoms with van der Waals surface area (Å²) in [5, 5.41) is 3.18. The van der Waals surface area contributed by atoms with Gasteiger partial charge in [-0.25, -0.2) is 4.39 Å². The van der Waals surface area contributed by atoms with Gasteiger partial charge in [-0.15, -0.1) is 0 Å². The molecule has 0 saturated heterocycles. The van der Waals surface area contributed by atoms with Crippen molar-refractivity contribution in [3.05, 3.63) is 34.6 Å². The third-order valence-electron chi connectivity index (χ3n) is 2.72. The van der Waals surface area contributed by atoms with Crippen LogP contribution in [0, 0.1) is 5.82 Å². The molecule has 0 spiro atoms. The Balaban J connectivity index is 2.35. The number of carbonyl (C=O) groups excluding carboxylic acids is 1. The van der Waals surface area contributed by atoms with Crippen molar-refractivity contribution in [3.63, 3.8) is 0 Å². The number of ether oxygens (including phenoxy) is 1. The summed E-state index contributed by atoms with van der Waals surface area (Å²) in [5.41, 5.74) is 0.794. The first kappa shape index (κ1) is 16.9. The van der Waals surface area contributed by atoms with Gasteiger partial charge in [-0.05, 0) is 31.2 Å². The second-order valence-corrected chi connectivity index (χ2v) is 5.01. The van der Waals surface area contributed by atoms with Crippen molar-refractivity contribution in [2.75, 3.05) is 33.9 Å². The van der Waals surface area contributed by atoms with Gasteiger partial charge in [0.1, 0.15) is 5.82 Å². The smallest absolute Gasteiger partial charge is 0.234 e. The van der Waals surface area contributed by atoms with Gasteiger partial charge in [0, 0.05) is 31.8 Å². The van der Waals surface area contributed by atoms with Crippen molar-refractivity contribution < 1.29 is 13.9 Å². The van der Waals surface area contributed by atoms with Crippen LogP contribution in [0.3, 0.4) is 0 Å². The zero-order valence-electron chi connectivity index (χ0n) is 11.8. The van der Waals surface area contributed by atoms with Crippen molar-refractivity contribution >= 4 is 17.5 Å². The standard InChI is InChI=1S/C14H20ClFN2O2/c1-18(10-14(19)17-6-3-7-20-2)9-11-4-5-12(16)8-13(11)15/h4-5,8H,3,6-7,9-10H2,1-2H3,(H,17,19). The molecular formula is C14H20ClFN2O2. The molecule has 4 nitrogen and oxygen atoms in total. The van der Waals surface area contributed by atoms with Gasteiger partial charge in [0.05, 0.1) is 6.54 Å². The van der Waals surface area contributed by atoms with Gasteiger partial charge in [-0.1, -0.05) is 17.7 Å². The number of hydrogen-bond acceptors (Lipinski definition) is 3. The van der Waals surface area contributed by atoms with E-state index in [1.807, 2.05) is 11.9 Å². The Kier molecular flexibility index (Phi) is 7.51. The number of hydrogen-bond donors (Lipinski definition) is 1. The van der Waals surface area contributed by atoms with Crippen molar-refractivity contribution in [2.24, 2.45) is 0 Å². The lowest BCUT2D eigenvalue weighted by molar-refractivity contribution is -0.122. The maximum atomic E-state index is 12.9. The van der Waals surface area contributed by atoms with Crippen LogP contribution in [0.15, 0.2) is 18.2 Å². The highest BCUT2D eigenvalue weighted by atomic mass is 35.5. The third-order valence-corrected chi connectivity index (χ3v) is 3.07. The van der Waals surface area contributed by atoms with Crippen LogP contribution in [0.25, 0.3) is 0 Å². The number of carbonyl (C=O) groups is 1. The number of nitrogens with zero attached hydrogens (tertiary/aromatic N) is 1. The van der Waals surface area contributed by atoms with Gasteiger partial charge in [0.15, 0.2) is 0 Å². The van der Waals surface area contributed by atoms with Crippen molar-refractivity contribution in [2.45, 2.75) is 13.0 Å². The summed E-state index contributed by atoms with van der Waals surface area (Å²) in [6, 6.07) is 4.26. The topological polar surface area (TPSA) is 41.6 Å². The average Bonchev–Trinajstić information content (AvgIpc) is 2.38. The summed E-state index contributed by atoms with van der Waals surface area (Å²) >= 11 is 5.95. The Morgan fingerprint density at radius 1 is 1.50 bits per heavy atom. The second-order valence-electron chi connectivity index (χ2n) is 4.60.